The second kappa shape index (κ2) is 31.2. The molecule has 31 heteroatoms. The molecule has 4 aromatic heterocycles. The van der Waals surface area contributed by atoms with Gasteiger partial charge in [-0.15, -0.1) is 10.2 Å². The second-order valence-electron chi connectivity index (χ2n) is 18.0. The molecule has 0 radical (unpaired) electrons. The third-order valence-corrected chi connectivity index (χ3v) is 12.3. The molecule has 25 nitrogen and oxygen atoms in total. The average molecular weight is 1170 g/mol. The summed E-state index contributed by atoms with van der Waals surface area (Å²) in [5.41, 5.74) is 18.2. The number of aliphatic carboxylic acids is 1. The lowest BCUT2D eigenvalue weighted by molar-refractivity contribution is -0.132. The summed E-state index contributed by atoms with van der Waals surface area (Å²) in [5.74, 6) is -1.93. The molecule has 1 amide bonds. The zero-order valence-corrected chi connectivity index (χ0v) is 45.6. The molecule has 0 aliphatic carbocycles. The first-order chi connectivity index (χ1) is 40.0. The lowest BCUT2D eigenvalue weighted by atomic mass is 10.1. The summed E-state index contributed by atoms with van der Waals surface area (Å²) in [7, 11) is 5.46. The third kappa shape index (κ3) is 17.2. The number of carbonyl (C=O) groups excluding carboxylic acids is 1. The zero-order valence-electron chi connectivity index (χ0n) is 45.6. The van der Waals surface area contributed by atoms with Crippen molar-refractivity contribution in [2.45, 2.75) is 64.7 Å². The highest BCUT2D eigenvalue weighted by molar-refractivity contribution is 6.12. The highest BCUT2D eigenvalue weighted by Crippen LogP contribution is 2.29. The molecule has 2 aromatic carbocycles. The van der Waals surface area contributed by atoms with Crippen LogP contribution in [-0.2, 0) is 45.2 Å². The zero-order chi connectivity index (χ0) is 60.0. The SMILES string of the molecule is COCC(N)=C(C=NCc1cnc(N2CCCC2)nc1)C(=O)NCc1c(-n2cc(C(F)F)nn2)ccc(OC)c1F.COCC(N)=C(C=NCc1cnc(N2CCCC2)nc1)C(=O)O.COc1ccc(-n2cc(C(F)F)nn2)c(CN)c1F. The van der Waals surface area contributed by atoms with Crippen LogP contribution in [0.4, 0.5) is 38.2 Å². The first kappa shape index (κ1) is 63.1. The smallest absolute Gasteiger partial charge is 0.339 e. The number of carbonyl (C=O) groups is 2. The number of ether oxygens (including phenoxy) is 4. The summed E-state index contributed by atoms with van der Waals surface area (Å²) >= 11 is 0. The van der Waals surface area contributed by atoms with Crippen LogP contribution in [0.2, 0.25) is 0 Å². The number of nitrogens with zero attached hydrogens (tertiary/aromatic N) is 14. The van der Waals surface area contributed by atoms with E-state index >= 15 is 4.39 Å². The second-order valence-corrected chi connectivity index (χ2v) is 18.0. The van der Waals surface area contributed by atoms with Gasteiger partial charge in [-0.25, -0.2) is 60.4 Å². The molecular formula is C52H62F6N18O7. The van der Waals surface area contributed by atoms with E-state index in [4.69, 9.17) is 41.3 Å². The number of nitrogens with two attached hydrogens (primary N) is 3. The van der Waals surface area contributed by atoms with Crippen LogP contribution in [-0.4, -0.2) is 147 Å². The molecule has 8 rings (SSSR count). The fourth-order valence-corrected chi connectivity index (χ4v) is 8.07. The number of benzene rings is 2. The molecule has 444 valence electrons. The van der Waals surface area contributed by atoms with Crippen molar-refractivity contribution >= 4 is 36.2 Å². The Morgan fingerprint density at radius 1 is 0.663 bits per heavy atom. The van der Waals surface area contributed by atoms with Crippen LogP contribution < -0.4 is 41.8 Å². The Morgan fingerprint density at radius 3 is 1.46 bits per heavy atom. The van der Waals surface area contributed by atoms with Crippen LogP contribution in [0.3, 0.4) is 0 Å². The number of nitrogens with one attached hydrogen (secondary N) is 1. The molecule has 0 bridgehead atoms. The predicted molar refractivity (Wildman–Crippen MR) is 291 cm³/mol. The molecule has 6 heterocycles. The number of hydrogen-bond acceptors (Lipinski definition) is 21. The van der Waals surface area contributed by atoms with Gasteiger partial charge < -0.3 is 56.4 Å². The molecule has 2 aliphatic rings. The van der Waals surface area contributed by atoms with Gasteiger partial charge in [-0.2, -0.15) is 0 Å². The van der Waals surface area contributed by atoms with Crippen molar-refractivity contribution in [3.8, 4) is 22.9 Å². The van der Waals surface area contributed by atoms with Crippen molar-refractivity contribution in [3.63, 3.8) is 0 Å². The van der Waals surface area contributed by atoms with Crippen molar-refractivity contribution in [2.24, 2.45) is 27.2 Å². The predicted octanol–water partition coefficient (Wildman–Crippen LogP) is 4.89. The van der Waals surface area contributed by atoms with Crippen LogP contribution in [0.15, 0.2) is 94.0 Å². The van der Waals surface area contributed by atoms with E-state index in [1.165, 1.54) is 78.0 Å². The van der Waals surface area contributed by atoms with Gasteiger partial charge in [0.25, 0.3) is 18.8 Å². The lowest BCUT2D eigenvalue weighted by Crippen LogP contribution is -2.29. The maximum absolute atomic E-state index is 15.2. The van der Waals surface area contributed by atoms with Gasteiger partial charge in [0.15, 0.2) is 23.1 Å². The number of hydrogen-bond donors (Lipinski definition) is 5. The summed E-state index contributed by atoms with van der Waals surface area (Å²) in [6, 6.07) is 5.58. The van der Waals surface area contributed by atoms with E-state index in [9.17, 15) is 31.5 Å². The maximum Gasteiger partial charge on any atom is 0.339 e. The summed E-state index contributed by atoms with van der Waals surface area (Å²) < 4.78 is 102. The molecule has 83 heavy (non-hydrogen) atoms. The van der Waals surface area contributed by atoms with Crippen LogP contribution >= 0.6 is 0 Å². The van der Waals surface area contributed by atoms with Crippen molar-refractivity contribution in [3.05, 3.63) is 129 Å². The van der Waals surface area contributed by atoms with Crippen LogP contribution in [0, 0.1) is 11.6 Å². The molecule has 0 unspecified atom stereocenters. The van der Waals surface area contributed by atoms with Gasteiger partial charge in [0.2, 0.25) is 11.9 Å². The van der Waals surface area contributed by atoms with E-state index in [0.29, 0.717) is 5.95 Å². The number of halogens is 6. The maximum atomic E-state index is 15.2. The van der Waals surface area contributed by atoms with E-state index in [0.717, 1.165) is 77.9 Å². The Balaban J connectivity index is 0.000000221. The fraction of sp³-hybridized carbons (Fsp3) is 0.385. The monoisotopic (exact) mass is 1160 g/mol. The van der Waals surface area contributed by atoms with Gasteiger partial charge >= 0.3 is 5.97 Å². The third-order valence-electron chi connectivity index (χ3n) is 12.3. The van der Waals surface area contributed by atoms with Gasteiger partial charge in [0.1, 0.15) is 11.4 Å². The minimum Gasteiger partial charge on any atom is -0.494 e. The number of carboxylic acid groups (broad SMARTS) is 1. The Bertz CT molecular complexity index is 3220. The largest absolute Gasteiger partial charge is 0.494 e. The fourth-order valence-electron chi connectivity index (χ4n) is 8.07. The Labute approximate surface area is 471 Å². The first-order valence-electron chi connectivity index (χ1n) is 25.4. The molecular weight excluding hydrogens is 1100 g/mol. The van der Waals surface area contributed by atoms with E-state index in [1.54, 1.807) is 24.8 Å². The molecule has 2 fully saturated rings. The molecule has 0 spiro atoms. The Hall–Kier alpha value is -9.10. The number of amides is 1. The van der Waals surface area contributed by atoms with Crippen molar-refractivity contribution < 1.29 is 60.0 Å². The van der Waals surface area contributed by atoms with Gasteiger partial charge in [-0.05, 0) is 49.9 Å². The number of aliphatic imine (C=N–C) groups is 2. The average Bonchev–Trinajstić information content (AvgIpc) is 4.36. The standard InChI is InChI=1S/C26H30F3N9O3.C15H21N5O3.C11H11F3N4O/c1-40-15-19(30)17(12-31-9-16-10-33-26(34-11-16)37-7-3-4-8-37)25(39)32-13-18-21(5-6-22(41-2)23(18)27)38-14-20(24(28)29)35-36-38;1-23-10-13(16)12(14(21)22)9-17-6-11-7-18-15(19-8-11)20-4-2-3-5-20;1-19-9-3-2-8(6(4-15)10(9)12)18-5-7(11(13)14)16-17-18/h5-6,10-12,14,24H,3-4,7-9,13,15,30H2,1-2H3,(H,32,39);7-9H,2-6,10,16H2,1H3,(H,21,22);2-3,5,11H,4,15H2,1H3. The topological polar surface area (TPSA) is 326 Å². The normalized spacial score (nSPS) is 13.9. The first-order valence-corrected chi connectivity index (χ1v) is 25.4. The quantitative estimate of drug-likeness (QED) is 0.0324. The summed E-state index contributed by atoms with van der Waals surface area (Å²) in [6.07, 6.45) is 10.3. The number of alkyl halides is 4. The number of aromatic nitrogens is 10. The van der Waals surface area contributed by atoms with Crippen LogP contribution in [0.1, 0.15) is 72.2 Å². The summed E-state index contributed by atoms with van der Waals surface area (Å²) in [6.45, 7) is 3.81. The van der Waals surface area contributed by atoms with E-state index in [-0.39, 0.29) is 95.9 Å². The minimum absolute atomic E-state index is 0.00653. The van der Waals surface area contributed by atoms with Gasteiger partial charge in [-0.3, -0.25) is 14.8 Å². The van der Waals surface area contributed by atoms with Gasteiger partial charge in [-0.1, -0.05) is 10.4 Å². The molecule has 0 saturated carbocycles. The number of anilines is 2. The van der Waals surface area contributed by atoms with E-state index in [1.807, 2.05) is 0 Å². The molecule has 2 aliphatic heterocycles. The van der Waals surface area contributed by atoms with Crippen LogP contribution in [0.25, 0.3) is 11.4 Å². The molecule has 8 N–H and O–H groups in total. The number of carboxylic acids is 1. The molecule has 2 saturated heterocycles. The van der Waals surface area contributed by atoms with E-state index < -0.39 is 47.7 Å². The Morgan fingerprint density at radius 2 is 1.07 bits per heavy atom. The Kier molecular flexibility index (Phi) is 23.7. The van der Waals surface area contributed by atoms with Crippen molar-refractivity contribution in [2.75, 3.05) is 77.6 Å². The lowest BCUT2D eigenvalue weighted by Gasteiger charge is -2.15. The van der Waals surface area contributed by atoms with Crippen LogP contribution in [0.5, 0.6) is 11.5 Å². The van der Waals surface area contributed by atoms with Crippen molar-refractivity contribution in [1.82, 2.24) is 55.2 Å². The molecule has 6 aromatic rings. The highest BCUT2D eigenvalue weighted by atomic mass is 19.3. The highest BCUT2D eigenvalue weighted by Gasteiger charge is 2.23. The minimum atomic E-state index is -2.86. The summed E-state index contributed by atoms with van der Waals surface area (Å²) in [4.78, 5) is 54.4. The summed E-state index contributed by atoms with van der Waals surface area (Å²) in [5, 5.41) is 25.6. The molecule has 0 atom stereocenters. The number of methoxy groups -OCH3 is 4. The van der Waals surface area contributed by atoms with Gasteiger partial charge in [0, 0.05) is 119 Å². The van der Waals surface area contributed by atoms with E-state index in [2.05, 4.69) is 65.7 Å². The van der Waals surface area contributed by atoms with Crippen molar-refractivity contribution in [1.29, 1.82) is 0 Å². The number of rotatable bonds is 23. The van der Waals surface area contributed by atoms with Gasteiger partial charge in [0.05, 0.1) is 81.1 Å².